The van der Waals surface area contributed by atoms with Crippen molar-refractivity contribution in [3.8, 4) is 5.69 Å². The number of rotatable bonds is 4. The molecule has 2 aromatic carbocycles. The van der Waals surface area contributed by atoms with E-state index in [-0.39, 0.29) is 16.9 Å². The zero-order valence-electron chi connectivity index (χ0n) is 12.2. The van der Waals surface area contributed by atoms with Crippen molar-refractivity contribution in [2.24, 2.45) is 0 Å². The molecule has 0 spiro atoms. The summed E-state index contributed by atoms with van der Waals surface area (Å²) in [5.41, 5.74) is 0.797. The van der Waals surface area contributed by atoms with Crippen molar-refractivity contribution in [3.63, 3.8) is 0 Å². The zero-order valence-corrected chi connectivity index (χ0v) is 13.0. The fourth-order valence-electron chi connectivity index (χ4n) is 2.15. The molecule has 0 radical (unpaired) electrons. The first-order chi connectivity index (χ1) is 11.5. The number of nitrogens with one attached hydrogen (secondary N) is 1. The van der Waals surface area contributed by atoms with Crippen LogP contribution < -0.4 is 5.32 Å². The molecule has 0 aliphatic heterocycles. The van der Waals surface area contributed by atoms with Gasteiger partial charge in [0.05, 0.1) is 4.92 Å². The smallest absolute Gasteiger partial charge is 0.295 e. The normalized spacial score (nSPS) is 10.4. The van der Waals surface area contributed by atoms with E-state index in [0.29, 0.717) is 10.7 Å². The second kappa shape index (κ2) is 6.51. The fourth-order valence-corrected chi connectivity index (χ4v) is 2.28. The summed E-state index contributed by atoms with van der Waals surface area (Å²) in [5, 5.41) is 18.5. The molecular weight excluding hydrogens is 332 g/mol. The number of benzene rings is 2. The molecule has 1 heterocycles. The first-order valence-corrected chi connectivity index (χ1v) is 7.28. The van der Waals surface area contributed by atoms with E-state index in [4.69, 9.17) is 11.6 Å². The van der Waals surface area contributed by atoms with Crippen LogP contribution in [0.3, 0.4) is 0 Å². The second-order valence-electron chi connectivity index (χ2n) is 4.87. The summed E-state index contributed by atoms with van der Waals surface area (Å²) < 4.78 is 1.37. The van der Waals surface area contributed by atoms with Gasteiger partial charge in [0.1, 0.15) is 5.69 Å². The van der Waals surface area contributed by atoms with Crippen molar-refractivity contribution in [1.82, 2.24) is 9.78 Å². The van der Waals surface area contributed by atoms with Crippen molar-refractivity contribution < 1.29 is 9.72 Å². The number of carbonyl (C=O) groups is 1. The molecule has 0 aliphatic rings. The molecule has 24 heavy (non-hydrogen) atoms. The number of nitro benzene ring substituents is 1. The van der Waals surface area contributed by atoms with Crippen LogP contribution >= 0.6 is 11.6 Å². The van der Waals surface area contributed by atoms with Crippen LogP contribution in [0.2, 0.25) is 5.02 Å². The molecule has 3 rings (SSSR count). The quantitative estimate of drug-likeness (QED) is 0.578. The van der Waals surface area contributed by atoms with Crippen molar-refractivity contribution in [1.29, 1.82) is 0 Å². The van der Waals surface area contributed by atoms with Gasteiger partial charge in [-0.1, -0.05) is 11.6 Å². The summed E-state index contributed by atoms with van der Waals surface area (Å²) in [7, 11) is 0. The SMILES string of the molecule is O=C(Nc1ccc(Cl)cc1)c1ccc(-n2cccn2)c([N+](=O)[O-])c1. The molecule has 0 saturated carbocycles. The summed E-state index contributed by atoms with van der Waals surface area (Å²) in [6.45, 7) is 0. The molecule has 1 amide bonds. The molecular formula is C16H11ClN4O3. The van der Waals surface area contributed by atoms with Gasteiger partial charge in [-0.15, -0.1) is 0 Å². The number of amides is 1. The summed E-state index contributed by atoms with van der Waals surface area (Å²) in [6, 6.07) is 12.4. The lowest BCUT2D eigenvalue weighted by Gasteiger charge is -2.07. The van der Waals surface area contributed by atoms with E-state index in [0.717, 1.165) is 0 Å². The van der Waals surface area contributed by atoms with Gasteiger partial charge in [-0.3, -0.25) is 14.9 Å². The van der Waals surface area contributed by atoms with Crippen molar-refractivity contribution in [2.45, 2.75) is 0 Å². The van der Waals surface area contributed by atoms with Gasteiger partial charge in [-0.25, -0.2) is 4.68 Å². The molecule has 0 fully saturated rings. The van der Waals surface area contributed by atoms with Crippen LogP contribution in [0.5, 0.6) is 0 Å². The highest BCUT2D eigenvalue weighted by molar-refractivity contribution is 6.30. The van der Waals surface area contributed by atoms with Gasteiger partial charge in [0.25, 0.3) is 11.6 Å². The van der Waals surface area contributed by atoms with E-state index in [2.05, 4.69) is 10.4 Å². The van der Waals surface area contributed by atoms with Crippen LogP contribution in [-0.2, 0) is 0 Å². The molecule has 1 aromatic heterocycles. The molecule has 0 atom stereocenters. The first-order valence-electron chi connectivity index (χ1n) is 6.90. The number of anilines is 1. The van der Waals surface area contributed by atoms with Crippen molar-refractivity contribution in [3.05, 3.63) is 81.6 Å². The topological polar surface area (TPSA) is 90.1 Å². The Balaban J connectivity index is 1.91. The van der Waals surface area contributed by atoms with E-state index in [1.54, 1.807) is 36.5 Å². The maximum absolute atomic E-state index is 12.3. The Morgan fingerprint density at radius 3 is 2.58 bits per heavy atom. The Labute approximate surface area is 141 Å². The van der Waals surface area contributed by atoms with Crippen LogP contribution in [0, 0.1) is 10.1 Å². The average Bonchev–Trinajstić information content (AvgIpc) is 3.10. The fraction of sp³-hybridized carbons (Fsp3) is 0. The van der Waals surface area contributed by atoms with Crippen LogP contribution in [0.4, 0.5) is 11.4 Å². The predicted octanol–water partition coefficient (Wildman–Crippen LogP) is 3.69. The predicted molar refractivity (Wildman–Crippen MR) is 89.6 cm³/mol. The molecule has 0 aliphatic carbocycles. The van der Waals surface area contributed by atoms with Gasteiger partial charge < -0.3 is 5.32 Å². The number of nitrogens with zero attached hydrogens (tertiary/aromatic N) is 3. The molecule has 3 aromatic rings. The lowest BCUT2D eigenvalue weighted by atomic mass is 10.1. The Hall–Kier alpha value is -3.19. The molecule has 0 bridgehead atoms. The van der Waals surface area contributed by atoms with E-state index in [9.17, 15) is 14.9 Å². The molecule has 0 saturated heterocycles. The standard InChI is InChI=1S/C16H11ClN4O3/c17-12-3-5-13(6-4-12)19-16(22)11-2-7-14(15(10-11)21(23)24)20-9-1-8-18-20/h1-10H,(H,19,22). The van der Waals surface area contributed by atoms with Gasteiger partial charge in [-0.05, 0) is 42.5 Å². The maximum atomic E-state index is 12.3. The number of halogens is 1. The van der Waals surface area contributed by atoms with Crippen molar-refractivity contribution >= 4 is 28.9 Å². The van der Waals surface area contributed by atoms with E-state index in [1.165, 1.54) is 29.1 Å². The van der Waals surface area contributed by atoms with E-state index in [1.807, 2.05) is 0 Å². The van der Waals surface area contributed by atoms with Gasteiger partial charge in [0, 0.05) is 34.7 Å². The minimum absolute atomic E-state index is 0.174. The lowest BCUT2D eigenvalue weighted by Crippen LogP contribution is -2.13. The van der Waals surface area contributed by atoms with Crippen LogP contribution in [0.15, 0.2) is 60.9 Å². The maximum Gasteiger partial charge on any atom is 0.295 e. The number of aromatic nitrogens is 2. The van der Waals surface area contributed by atoms with Crippen LogP contribution in [-0.4, -0.2) is 20.6 Å². The van der Waals surface area contributed by atoms with Crippen LogP contribution in [0.1, 0.15) is 10.4 Å². The first kappa shape index (κ1) is 15.7. The number of hydrogen-bond donors (Lipinski definition) is 1. The second-order valence-corrected chi connectivity index (χ2v) is 5.31. The molecule has 7 nitrogen and oxygen atoms in total. The Morgan fingerprint density at radius 2 is 1.96 bits per heavy atom. The van der Waals surface area contributed by atoms with Crippen LogP contribution in [0.25, 0.3) is 5.69 Å². The lowest BCUT2D eigenvalue weighted by molar-refractivity contribution is -0.384. The number of nitro groups is 1. The minimum atomic E-state index is -0.546. The summed E-state index contributed by atoms with van der Waals surface area (Å²) >= 11 is 5.79. The summed E-state index contributed by atoms with van der Waals surface area (Å²) in [4.78, 5) is 23.0. The minimum Gasteiger partial charge on any atom is -0.322 e. The Bertz CT molecular complexity index is 892. The molecule has 8 heteroatoms. The highest BCUT2D eigenvalue weighted by Crippen LogP contribution is 2.24. The highest BCUT2D eigenvalue weighted by Gasteiger charge is 2.19. The Kier molecular flexibility index (Phi) is 4.26. The summed E-state index contributed by atoms with van der Waals surface area (Å²) in [6.07, 6.45) is 3.11. The zero-order chi connectivity index (χ0) is 17.1. The number of carbonyl (C=O) groups excluding carboxylic acids is 1. The van der Waals surface area contributed by atoms with Gasteiger partial charge in [0.15, 0.2) is 0 Å². The monoisotopic (exact) mass is 342 g/mol. The Morgan fingerprint density at radius 1 is 1.21 bits per heavy atom. The van der Waals surface area contributed by atoms with E-state index < -0.39 is 10.8 Å². The highest BCUT2D eigenvalue weighted by atomic mass is 35.5. The molecule has 120 valence electrons. The third-order valence-corrected chi connectivity index (χ3v) is 3.54. The van der Waals surface area contributed by atoms with Crippen molar-refractivity contribution in [2.75, 3.05) is 5.32 Å². The molecule has 0 unspecified atom stereocenters. The third kappa shape index (κ3) is 3.26. The average molecular weight is 343 g/mol. The van der Waals surface area contributed by atoms with Gasteiger partial charge in [0.2, 0.25) is 0 Å². The summed E-state index contributed by atoms with van der Waals surface area (Å²) in [5.74, 6) is -0.451. The van der Waals surface area contributed by atoms with Gasteiger partial charge in [-0.2, -0.15) is 5.10 Å². The third-order valence-electron chi connectivity index (χ3n) is 3.29. The number of hydrogen-bond acceptors (Lipinski definition) is 4. The van der Waals surface area contributed by atoms with Gasteiger partial charge >= 0.3 is 0 Å². The van der Waals surface area contributed by atoms with E-state index >= 15 is 0 Å². The molecule has 1 N–H and O–H groups in total. The largest absolute Gasteiger partial charge is 0.322 e.